The van der Waals surface area contributed by atoms with Gasteiger partial charge in [-0.3, -0.25) is 0 Å². The zero-order valence-corrected chi connectivity index (χ0v) is 11.5. The quantitative estimate of drug-likeness (QED) is 0.740. The molecule has 0 saturated heterocycles. The summed E-state index contributed by atoms with van der Waals surface area (Å²) in [7, 11) is 0. The lowest BCUT2D eigenvalue weighted by Gasteiger charge is -2.20. The van der Waals surface area contributed by atoms with Crippen LogP contribution in [0.2, 0.25) is 0 Å². The van der Waals surface area contributed by atoms with Gasteiger partial charge in [0.1, 0.15) is 5.75 Å². The summed E-state index contributed by atoms with van der Waals surface area (Å²) in [5, 5.41) is 10.2. The minimum absolute atomic E-state index is 0.00608. The van der Waals surface area contributed by atoms with Gasteiger partial charge in [-0.25, -0.2) is 0 Å². The average molecular weight is 243 g/mol. The molecular weight excluding hydrogens is 220 g/mol. The van der Waals surface area contributed by atoms with E-state index in [2.05, 4.69) is 46.1 Å². The van der Waals surface area contributed by atoms with Crippen molar-refractivity contribution < 1.29 is 5.11 Å². The Labute approximate surface area is 111 Å². The molecule has 0 aromatic heterocycles. The molecule has 0 aliphatic rings. The fraction of sp³-hybridized carbons (Fsp3) is 0.353. The topological polar surface area (TPSA) is 20.2 Å². The maximum absolute atomic E-state index is 10.2. The highest BCUT2D eigenvalue weighted by molar-refractivity contribution is 5.45. The molecule has 1 aromatic carbocycles. The third-order valence-electron chi connectivity index (χ3n) is 2.74. The molecule has 1 N–H and O–H groups in total. The summed E-state index contributed by atoms with van der Waals surface area (Å²) in [5.74, 6) is 0.375. The Morgan fingerprint density at radius 3 is 1.89 bits per heavy atom. The fourth-order valence-corrected chi connectivity index (χ4v) is 2.11. The molecule has 0 unspecified atom stereocenters. The van der Waals surface area contributed by atoms with Crippen LogP contribution in [0, 0.1) is 12.3 Å². The number of rotatable bonds is 6. The number of hydrogen-bond donors (Lipinski definition) is 1. The lowest BCUT2D eigenvalue weighted by molar-refractivity contribution is 0.457. The van der Waals surface area contributed by atoms with E-state index in [-0.39, 0.29) is 5.41 Å². The minimum atomic E-state index is -0.00608. The Morgan fingerprint density at radius 2 is 1.56 bits per heavy atom. The molecule has 0 amide bonds. The molecular formula is C17H23O. The number of hydrogen-bond acceptors (Lipinski definition) is 1. The molecule has 97 valence electrons. The first-order chi connectivity index (χ1) is 8.37. The van der Waals surface area contributed by atoms with E-state index in [1.165, 1.54) is 5.56 Å². The van der Waals surface area contributed by atoms with Crippen molar-refractivity contribution in [1.29, 1.82) is 0 Å². The van der Waals surface area contributed by atoms with Gasteiger partial charge in [0, 0.05) is 0 Å². The minimum Gasteiger partial charge on any atom is -0.507 e. The molecule has 0 saturated carbocycles. The smallest absolute Gasteiger partial charge is 0.122 e. The van der Waals surface area contributed by atoms with Gasteiger partial charge in [-0.05, 0) is 48.3 Å². The predicted molar refractivity (Wildman–Crippen MR) is 78.8 cm³/mol. The second-order valence-electron chi connectivity index (χ2n) is 5.59. The van der Waals surface area contributed by atoms with E-state index < -0.39 is 0 Å². The van der Waals surface area contributed by atoms with Gasteiger partial charge in [-0.1, -0.05) is 38.1 Å². The van der Waals surface area contributed by atoms with Crippen LogP contribution in [0.4, 0.5) is 0 Å². The van der Waals surface area contributed by atoms with Crippen LogP contribution >= 0.6 is 0 Å². The maximum Gasteiger partial charge on any atom is 0.122 e. The van der Waals surface area contributed by atoms with E-state index in [4.69, 9.17) is 0 Å². The molecule has 18 heavy (non-hydrogen) atoms. The van der Waals surface area contributed by atoms with Gasteiger partial charge in [0.2, 0.25) is 0 Å². The summed E-state index contributed by atoms with van der Waals surface area (Å²) in [5.41, 5.74) is 3.07. The highest BCUT2D eigenvalue weighted by Gasteiger charge is 2.14. The lowest BCUT2D eigenvalue weighted by Crippen LogP contribution is -2.10. The third kappa shape index (κ3) is 4.06. The van der Waals surface area contributed by atoms with Crippen LogP contribution in [0.5, 0.6) is 5.75 Å². The molecule has 0 heterocycles. The van der Waals surface area contributed by atoms with Crippen LogP contribution in [0.1, 0.15) is 30.5 Å². The molecule has 0 aliphatic carbocycles. The molecule has 0 atom stereocenters. The van der Waals surface area contributed by atoms with E-state index in [0.29, 0.717) is 18.6 Å². The summed E-state index contributed by atoms with van der Waals surface area (Å²) in [4.78, 5) is 0. The Kier molecular flexibility index (Phi) is 4.77. The summed E-state index contributed by atoms with van der Waals surface area (Å²) >= 11 is 0. The third-order valence-corrected chi connectivity index (χ3v) is 2.74. The van der Waals surface area contributed by atoms with Gasteiger partial charge < -0.3 is 5.11 Å². The number of benzene rings is 1. The molecule has 1 rings (SSSR count). The van der Waals surface area contributed by atoms with E-state index in [9.17, 15) is 5.11 Å². The van der Waals surface area contributed by atoms with Crippen molar-refractivity contribution in [2.24, 2.45) is 5.41 Å². The fourth-order valence-electron chi connectivity index (χ4n) is 2.11. The van der Waals surface area contributed by atoms with Crippen LogP contribution < -0.4 is 0 Å². The van der Waals surface area contributed by atoms with E-state index in [1.807, 2.05) is 12.2 Å². The monoisotopic (exact) mass is 243 g/mol. The van der Waals surface area contributed by atoms with Crippen LogP contribution in [0.25, 0.3) is 0 Å². The van der Waals surface area contributed by atoms with Crippen molar-refractivity contribution in [1.82, 2.24) is 0 Å². The van der Waals surface area contributed by atoms with Gasteiger partial charge in [-0.15, -0.1) is 13.2 Å². The molecule has 0 bridgehead atoms. The first kappa shape index (κ1) is 14.6. The molecule has 1 radical (unpaired) electrons. The molecule has 0 aliphatic heterocycles. The molecule has 1 heteroatoms. The Hall–Kier alpha value is -1.50. The van der Waals surface area contributed by atoms with Crippen molar-refractivity contribution in [2.45, 2.75) is 33.1 Å². The second-order valence-corrected chi connectivity index (χ2v) is 5.59. The van der Waals surface area contributed by atoms with Crippen LogP contribution in [-0.4, -0.2) is 5.11 Å². The van der Waals surface area contributed by atoms with Crippen LogP contribution in [0.3, 0.4) is 0 Å². The Morgan fingerprint density at radius 1 is 1.11 bits per heavy atom. The molecule has 0 spiro atoms. The van der Waals surface area contributed by atoms with E-state index in [1.54, 1.807) is 0 Å². The van der Waals surface area contributed by atoms with Crippen molar-refractivity contribution >= 4 is 0 Å². The van der Waals surface area contributed by atoms with Crippen molar-refractivity contribution in [3.63, 3.8) is 0 Å². The molecule has 1 nitrogen and oxygen atoms in total. The summed E-state index contributed by atoms with van der Waals surface area (Å²) < 4.78 is 0. The van der Waals surface area contributed by atoms with Crippen molar-refractivity contribution in [2.75, 3.05) is 0 Å². The highest BCUT2D eigenvalue weighted by Crippen LogP contribution is 2.29. The molecule has 0 fully saturated rings. The number of phenols is 1. The largest absolute Gasteiger partial charge is 0.507 e. The van der Waals surface area contributed by atoms with Gasteiger partial charge in [0.15, 0.2) is 0 Å². The SMILES string of the molecule is [CH2]C(C)(C)Cc1cc(CC=C)c(O)c(CC=C)c1. The van der Waals surface area contributed by atoms with Crippen molar-refractivity contribution in [3.8, 4) is 5.75 Å². The summed E-state index contributed by atoms with van der Waals surface area (Å²) in [6.07, 6.45) is 5.88. The van der Waals surface area contributed by atoms with Gasteiger partial charge in [0.05, 0.1) is 0 Å². The van der Waals surface area contributed by atoms with Crippen LogP contribution in [-0.2, 0) is 19.3 Å². The summed E-state index contributed by atoms with van der Waals surface area (Å²) in [6, 6.07) is 4.10. The lowest BCUT2D eigenvalue weighted by atomic mass is 9.86. The highest BCUT2D eigenvalue weighted by atomic mass is 16.3. The molecule has 1 aromatic rings. The maximum atomic E-state index is 10.2. The van der Waals surface area contributed by atoms with Gasteiger partial charge in [-0.2, -0.15) is 0 Å². The number of aromatic hydroxyl groups is 1. The first-order valence-electron chi connectivity index (χ1n) is 6.28. The predicted octanol–water partition coefficient (Wildman–Crippen LogP) is 4.25. The normalized spacial score (nSPS) is 11.3. The van der Waals surface area contributed by atoms with Gasteiger partial charge >= 0.3 is 0 Å². The average Bonchev–Trinajstić information content (AvgIpc) is 2.23. The number of phenolic OH excluding ortho intramolecular Hbond substituents is 1. The van der Waals surface area contributed by atoms with E-state index >= 15 is 0 Å². The standard InChI is InChI=1S/C17H23O/c1-6-8-14-10-13(12-17(3,4)5)11-15(9-7-2)16(14)18/h6-7,10-11,18H,1-3,8-9,12H2,4-5H3. The van der Waals surface area contributed by atoms with Crippen molar-refractivity contribution in [3.05, 3.63) is 61.1 Å². The van der Waals surface area contributed by atoms with Crippen LogP contribution in [0.15, 0.2) is 37.4 Å². The van der Waals surface area contributed by atoms with E-state index in [0.717, 1.165) is 17.5 Å². The first-order valence-corrected chi connectivity index (χ1v) is 6.28. The summed E-state index contributed by atoms with van der Waals surface area (Å²) in [6.45, 7) is 15.8. The number of allylic oxidation sites excluding steroid dienone is 2. The second kappa shape index (κ2) is 5.90. The Bertz CT molecular complexity index is 404. The zero-order valence-electron chi connectivity index (χ0n) is 11.5. The zero-order chi connectivity index (χ0) is 13.8. The van der Waals surface area contributed by atoms with Gasteiger partial charge in [0.25, 0.3) is 0 Å². The Balaban J connectivity index is 3.19.